The molecule has 3 aromatic rings. The molecule has 0 radical (unpaired) electrons. The van der Waals surface area contributed by atoms with Crippen LogP contribution in [0.5, 0.6) is 0 Å². The van der Waals surface area contributed by atoms with Gasteiger partial charge in [-0.25, -0.2) is 21.6 Å². The van der Waals surface area contributed by atoms with Gasteiger partial charge in [-0.15, -0.1) is 0 Å². The number of rotatable bonds is 8. The van der Waals surface area contributed by atoms with Crippen molar-refractivity contribution in [3.63, 3.8) is 0 Å². The van der Waals surface area contributed by atoms with Crippen molar-refractivity contribution in [1.29, 1.82) is 0 Å². The maximum atomic E-state index is 13.2. The van der Waals surface area contributed by atoms with E-state index in [1.54, 1.807) is 43.5 Å². The fraction of sp³-hybridized carbons (Fsp3) is 0.227. The first-order chi connectivity index (χ1) is 14.3. The van der Waals surface area contributed by atoms with E-state index in [0.29, 0.717) is 24.0 Å². The maximum Gasteiger partial charge on any atom is 0.240 e. The third kappa shape index (κ3) is 4.77. The number of nitrogens with zero attached hydrogens (tertiary/aromatic N) is 1. The van der Waals surface area contributed by atoms with E-state index in [2.05, 4.69) is 9.71 Å². The minimum Gasteiger partial charge on any atom is -0.261 e. The Kier molecular flexibility index (Phi) is 6.70. The fourth-order valence-corrected chi connectivity index (χ4v) is 6.12. The van der Waals surface area contributed by atoms with Crippen LogP contribution in [0.1, 0.15) is 23.7 Å². The summed E-state index contributed by atoms with van der Waals surface area (Å²) in [7, 11) is -7.73. The van der Waals surface area contributed by atoms with E-state index in [4.69, 9.17) is 0 Å². The van der Waals surface area contributed by atoms with Crippen LogP contribution in [-0.2, 0) is 32.7 Å². The van der Waals surface area contributed by atoms with E-state index in [-0.39, 0.29) is 21.2 Å². The van der Waals surface area contributed by atoms with Crippen molar-refractivity contribution in [1.82, 2.24) is 9.71 Å². The highest BCUT2D eigenvalue weighted by Crippen LogP contribution is 2.27. The summed E-state index contributed by atoms with van der Waals surface area (Å²) in [4.78, 5) is 4.28. The number of hydrogen-bond acceptors (Lipinski definition) is 5. The van der Waals surface area contributed by atoms with Crippen LogP contribution in [0.2, 0.25) is 0 Å². The van der Waals surface area contributed by atoms with Crippen LogP contribution in [-0.4, -0.2) is 28.4 Å². The minimum atomic E-state index is -3.88. The number of pyridine rings is 1. The Balaban J connectivity index is 1.90. The molecule has 0 aliphatic heterocycles. The minimum absolute atomic E-state index is 0.0425. The van der Waals surface area contributed by atoms with Crippen molar-refractivity contribution in [2.75, 3.05) is 6.54 Å². The number of benzene rings is 2. The predicted octanol–water partition coefficient (Wildman–Crippen LogP) is 3.31. The molecule has 2 aromatic carbocycles. The molecule has 3 rings (SSSR count). The summed E-state index contributed by atoms with van der Waals surface area (Å²) >= 11 is 0. The third-order valence-corrected chi connectivity index (χ3v) is 8.26. The predicted molar refractivity (Wildman–Crippen MR) is 116 cm³/mol. The topological polar surface area (TPSA) is 93.2 Å². The highest BCUT2D eigenvalue weighted by Gasteiger charge is 2.24. The zero-order chi connectivity index (χ0) is 21.8. The van der Waals surface area contributed by atoms with E-state index >= 15 is 0 Å². The van der Waals surface area contributed by atoms with Gasteiger partial charge in [0.15, 0.2) is 0 Å². The second kappa shape index (κ2) is 9.07. The van der Waals surface area contributed by atoms with Crippen LogP contribution in [0, 0.1) is 6.92 Å². The number of sulfonamides is 1. The summed E-state index contributed by atoms with van der Waals surface area (Å²) in [5.74, 6) is 0. The van der Waals surface area contributed by atoms with Crippen molar-refractivity contribution in [2.24, 2.45) is 0 Å². The Labute approximate surface area is 178 Å². The molecule has 0 fully saturated rings. The zero-order valence-electron chi connectivity index (χ0n) is 16.9. The van der Waals surface area contributed by atoms with Gasteiger partial charge >= 0.3 is 0 Å². The Bertz CT molecular complexity index is 1240. The molecule has 0 atom stereocenters. The molecule has 8 heteroatoms. The number of hydrogen-bond donors (Lipinski definition) is 1. The molecule has 30 heavy (non-hydrogen) atoms. The monoisotopic (exact) mass is 444 g/mol. The lowest BCUT2D eigenvalue weighted by Gasteiger charge is -2.13. The Morgan fingerprint density at radius 2 is 1.63 bits per heavy atom. The van der Waals surface area contributed by atoms with Gasteiger partial charge < -0.3 is 0 Å². The van der Waals surface area contributed by atoms with Crippen molar-refractivity contribution >= 4 is 19.9 Å². The zero-order valence-corrected chi connectivity index (χ0v) is 18.5. The average molecular weight is 445 g/mol. The number of aromatic nitrogens is 1. The molecule has 0 aliphatic carbocycles. The van der Waals surface area contributed by atoms with E-state index in [1.807, 2.05) is 19.1 Å². The van der Waals surface area contributed by atoms with Gasteiger partial charge in [-0.1, -0.05) is 37.3 Å². The molecule has 1 heterocycles. The lowest BCUT2D eigenvalue weighted by molar-refractivity contribution is 0.580. The van der Waals surface area contributed by atoms with Crippen molar-refractivity contribution in [3.05, 3.63) is 83.7 Å². The molecular formula is C22H24N2O4S2. The molecular weight excluding hydrogens is 420 g/mol. The number of aryl methyl sites for hydroxylation is 2. The van der Waals surface area contributed by atoms with Crippen LogP contribution < -0.4 is 4.72 Å². The largest absolute Gasteiger partial charge is 0.261 e. The Hall–Kier alpha value is -2.55. The second-order valence-electron chi connectivity index (χ2n) is 6.86. The van der Waals surface area contributed by atoms with Crippen molar-refractivity contribution < 1.29 is 16.8 Å². The lowest BCUT2D eigenvalue weighted by Crippen LogP contribution is -2.27. The van der Waals surface area contributed by atoms with Gasteiger partial charge in [0.2, 0.25) is 19.9 Å². The van der Waals surface area contributed by atoms with Gasteiger partial charge in [-0.05, 0) is 54.8 Å². The summed E-state index contributed by atoms with van der Waals surface area (Å²) in [5.41, 5.74) is 1.93. The SMILES string of the molecule is CCc1ccccc1S(=O)(=O)c1ccc(C)c(S(=O)(=O)NCCc2ccccn2)c1. The number of nitrogens with one attached hydrogen (secondary N) is 1. The lowest BCUT2D eigenvalue weighted by atomic mass is 10.2. The summed E-state index contributed by atoms with van der Waals surface area (Å²) in [6.45, 7) is 3.68. The first-order valence-corrected chi connectivity index (χ1v) is 12.6. The Morgan fingerprint density at radius 3 is 2.33 bits per heavy atom. The molecule has 0 aliphatic rings. The number of sulfone groups is 1. The molecule has 1 N–H and O–H groups in total. The molecule has 158 valence electrons. The molecule has 1 aromatic heterocycles. The van der Waals surface area contributed by atoms with E-state index < -0.39 is 19.9 Å². The highest BCUT2D eigenvalue weighted by molar-refractivity contribution is 7.91. The molecule has 0 amide bonds. The van der Waals surface area contributed by atoms with E-state index in [0.717, 1.165) is 5.69 Å². The smallest absolute Gasteiger partial charge is 0.240 e. The van der Waals surface area contributed by atoms with Crippen LogP contribution in [0.15, 0.2) is 81.5 Å². The standard InChI is InChI=1S/C22H24N2O4S2/c1-3-18-8-4-5-10-21(18)29(25,26)20-12-11-17(2)22(16-20)30(27,28)24-15-13-19-9-6-7-14-23-19/h4-12,14,16,24H,3,13,15H2,1-2H3. The quantitative estimate of drug-likeness (QED) is 0.575. The molecule has 0 saturated heterocycles. The van der Waals surface area contributed by atoms with Crippen molar-refractivity contribution in [3.8, 4) is 0 Å². The Morgan fingerprint density at radius 1 is 0.900 bits per heavy atom. The van der Waals surface area contributed by atoms with Gasteiger partial charge in [-0.3, -0.25) is 4.98 Å². The third-order valence-electron chi connectivity index (χ3n) is 4.80. The van der Waals surface area contributed by atoms with Gasteiger partial charge in [-0.2, -0.15) is 0 Å². The van der Waals surface area contributed by atoms with Gasteiger partial charge in [0.25, 0.3) is 0 Å². The molecule has 0 spiro atoms. The molecule has 0 saturated carbocycles. The van der Waals surface area contributed by atoms with Gasteiger partial charge in [0.1, 0.15) is 0 Å². The van der Waals surface area contributed by atoms with Gasteiger partial charge in [0.05, 0.1) is 14.7 Å². The maximum absolute atomic E-state index is 13.2. The van der Waals surface area contributed by atoms with Crippen LogP contribution in [0.4, 0.5) is 0 Å². The first kappa shape index (κ1) is 22.1. The summed E-state index contributed by atoms with van der Waals surface area (Å²) in [6.07, 6.45) is 2.64. The van der Waals surface area contributed by atoms with Gasteiger partial charge in [0, 0.05) is 24.9 Å². The first-order valence-electron chi connectivity index (χ1n) is 9.59. The average Bonchev–Trinajstić information content (AvgIpc) is 2.74. The van der Waals surface area contributed by atoms with E-state index in [9.17, 15) is 16.8 Å². The highest BCUT2D eigenvalue weighted by atomic mass is 32.2. The van der Waals surface area contributed by atoms with Crippen LogP contribution in [0.3, 0.4) is 0 Å². The second-order valence-corrected chi connectivity index (χ2v) is 10.5. The summed E-state index contributed by atoms with van der Waals surface area (Å²) in [5, 5.41) is 0. The fourth-order valence-electron chi connectivity index (χ4n) is 3.16. The van der Waals surface area contributed by atoms with Crippen LogP contribution in [0.25, 0.3) is 0 Å². The normalized spacial score (nSPS) is 12.1. The molecule has 6 nitrogen and oxygen atoms in total. The molecule has 0 unspecified atom stereocenters. The van der Waals surface area contributed by atoms with E-state index in [1.165, 1.54) is 18.2 Å². The van der Waals surface area contributed by atoms with Crippen LogP contribution >= 0.6 is 0 Å². The summed E-state index contributed by atoms with van der Waals surface area (Å²) < 4.78 is 54.6. The van der Waals surface area contributed by atoms with Crippen molar-refractivity contribution in [2.45, 2.75) is 41.4 Å². The summed E-state index contributed by atoms with van der Waals surface area (Å²) in [6, 6.07) is 16.4. The molecule has 0 bridgehead atoms.